The molecule has 14 heteroatoms. The van der Waals surface area contributed by atoms with Gasteiger partial charge in [0.15, 0.2) is 0 Å². The molecule has 2 N–H and O–H groups in total. The van der Waals surface area contributed by atoms with Gasteiger partial charge in [0.25, 0.3) is 5.88 Å². The Kier molecular flexibility index (Phi) is 9.86. The summed E-state index contributed by atoms with van der Waals surface area (Å²) in [5, 5.41) is 22.0. The van der Waals surface area contributed by atoms with Crippen LogP contribution in [0, 0.1) is 0 Å². The Hall–Kier alpha value is -3.78. The maximum absolute atomic E-state index is 9.36. The van der Waals surface area contributed by atoms with E-state index in [0.717, 1.165) is 63.1 Å². The van der Waals surface area contributed by atoms with Crippen LogP contribution in [0.15, 0.2) is 49.4 Å². The summed E-state index contributed by atoms with van der Waals surface area (Å²) < 4.78 is 21.1. The van der Waals surface area contributed by atoms with Gasteiger partial charge in [-0.3, -0.25) is 9.58 Å². The SMILES string of the molecule is CC(Cn1cncn1)Oc1cc(-c2cnc(Nc3cn(C4CCC(N5CCOCC5)CC4)nc3OCCO)nc2)ccc1Cl. The van der Waals surface area contributed by atoms with Crippen molar-refractivity contribution in [2.75, 3.05) is 44.8 Å². The number of hydrogen-bond donors (Lipinski definition) is 2. The zero-order chi connectivity index (χ0) is 30.3. The predicted octanol–water partition coefficient (Wildman–Crippen LogP) is 3.98. The third-order valence-electron chi connectivity index (χ3n) is 8.03. The molecule has 3 aromatic heterocycles. The van der Waals surface area contributed by atoms with Crippen LogP contribution in [0.4, 0.5) is 11.6 Å². The second kappa shape index (κ2) is 14.3. The van der Waals surface area contributed by atoms with Crippen LogP contribution in [-0.2, 0) is 11.3 Å². The standard InChI is InChI=1S/C30H38ClN9O4/c1-21(17-39-20-32-19-35-39)44-28-14-22(2-7-26(28)31)23-15-33-30(34-16-23)36-27-18-40(37-29(27)43-13-10-41)25-5-3-24(4-6-25)38-8-11-42-12-9-38/h2,7,14-16,18-21,24-25,41H,3-6,8-13,17H2,1H3,(H,33,34,36). The summed E-state index contributed by atoms with van der Waals surface area (Å²) in [6, 6.07) is 6.47. The first kappa shape index (κ1) is 30.3. The highest BCUT2D eigenvalue weighted by Crippen LogP contribution is 2.35. The maximum atomic E-state index is 9.36. The number of aliphatic hydroxyl groups is 1. The van der Waals surface area contributed by atoms with Gasteiger partial charge in [0, 0.05) is 37.1 Å². The number of ether oxygens (including phenoxy) is 3. The van der Waals surface area contributed by atoms with Gasteiger partial charge in [0.05, 0.1) is 43.6 Å². The number of benzene rings is 1. The molecule has 6 rings (SSSR count). The first-order chi connectivity index (χ1) is 21.6. The summed E-state index contributed by atoms with van der Waals surface area (Å²) in [7, 11) is 0. The highest BCUT2D eigenvalue weighted by atomic mass is 35.5. The molecule has 0 radical (unpaired) electrons. The summed E-state index contributed by atoms with van der Waals surface area (Å²) in [6.07, 6.45) is 12.7. The molecule has 1 atom stereocenters. The Labute approximate surface area is 261 Å². The normalized spacial score (nSPS) is 19.9. The van der Waals surface area contributed by atoms with E-state index in [1.54, 1.807) is 29.5 Å². The van der Waals surface area contributed by atoms with Gasteiger partial charge in [0.2, 0.25) is 5.95 Å². The van der Waals surface area contributed by atoms with E-state index >= 15 is 0 Å². The minimum absolute atomic E-state index is 0.103. The van der Waals surface area contributed by atoms with Gasteiger partial charge >= 0.3 is 0 Å². The Bertz CT molecular complexity index is 1470. The van der Waals surface area contributed by atoms with Crippen LogP contribution in [0.2, 0.25) is 5.02 Å². The highest BCUT2D eigenvalue weighted by molar-refractivity contribution is 6.32. The quantitative estimate of drug-likeness (QED) is 0.237. The van der Waals surface area contributed by atoms with Crippen molar-refractivity contribution < 1.29 is 19.3 Å². The topological polar surface area (TPSA) is 138 Å². The average molecular weight is 624 g/mol. The average Bonchev–Trinajstić information content (AvgIpc) is 3.72. The third kappa shape index (κ3) is 7.46. The molecule has 1 saturated heterocycles. The van der Waals surface area contributed by atoms with Crippen molar-refractivity contribution in [3.63, 3.8) is 0 Å². The van der Waals surface area contributed by atoms with E-state index in [4.69, 9.17) is 30.9 Å². The second-order valence-corrected chi connectivity index (χ2v) is 11.5. The van der Waals surface area contributed by atoms with Crippen LogP contribution in [0.1, 0.15) is 38.6 Å². The molecule has 13 nitrogen and oxygen atoms in total. The number of hydrogen-bond acceptors (Lipinski definition) is 11. The van der Waals surface area contributed by atoms with E-state index in [1.807, 2.05) is 29.9 Å². The molecule has 1 aromatic carbocycles. The fourth-order valence-electron chi connectivity index (χ4n) is 5.81. The molecule has 234 valence electrons. The molecule has 2 aliphatic rings. The van der Waals surface area contributed by atoms with Gasteiger partial charge in [-0.1, -0.05) is 17.7 Å². The monoisotopic (exact) mass is 623 g/mol. The first-order valence-corrected chi connectivity index (χ1v) is 15.5. The molecular formula is C30H38ClN9O4. The Morgan fingerprint density at radius 3 is 2.59 bits per heavy atom. The summed E-state index contributed by atoms with van der Waals surface area (Å²) >= 11 is 6.43. The van der Waals surface area contributed by atoms with Gasteiger partial charge < -0.3 is 24.6 Å². The number of aromatic nitrogens is 7. The molecular weight excluding hydrogens is 586 g/mol. The van der Waals surface area contributed by atoms with Crippen molar-refractivity contribution in [1.82, 2.24) is 39.4 Å². The molecule has 0 bridgehead atoms. The van der Waals surface area contributed by atoms with Crippen LogP contribution in [0.25, 0.3) is 11.1 Å². The number of rotatable bonds is 12. The summed E-state index contributed by atoms with van der Waals surface area (Å²) in [6.45, 7) is 6.21. The number of nitrogens with one attached hydrogen (secondary N) is 1. The van der Waals surface area contributed by atoms with Gasteiger partial charge in [0.1, 0.15) is 36.8 Å². The predicted molar refractivity (Wildman–Crippen MR) is 164 cm³/mol. The minimum atomic E-state index is -0.171. The highest BCUT2D eigenvalue weighted by Gasteiger charge is 2.29. The van der Waals surface area contributed by atoms with Crippen molar-refractivity contribution in [2.45, 2.75) is 57.3 Å². The van der Waals surface area contributed by atoms with Crippen molar-refractivity contribution >= 4 is 23.2 Å². The van der Waals surface area contributed by atoms with E-state index in [-0.39, 0.29) is 25.4 Å². The van der Waals surface area contributed by atoms with Gasteiger partial charge in [-0.2, -0.15) is 5.10 Å². The molecule has 4 aromatic rings. The molecule has 0 amide bonds. The van der Waals surface area contributed by atoms with Crippen LogP contribution >= 0.6 is 11.6 Å². The summed E-state index contributed by atoms with van der Waals surface area (Å²) in [5.74, 6) is 1.39. The van der Waals surface area contributed by atoms with E-state index in [0.29, 0.717) is 40.9 Å². The van der Waals surface area contributed by atoms with E-state index in [1.165, 1.54) is 6.33 Å². The zero-order valence-electron chi connectivity index (χ0n) is 24.8. The molecule has 4 heterocycles. The largest absolute Gasteiger partial charge is 0.487 e. The number of anilines is 2. The first-order valence-electron chi connectivity index (χ1n) is 15.1. The lowest BCUT2D eigenvalue weighted by Gasteiger charge is -2.38. The van der Waals surface area contributed by atoms with Crippen molar-refractivity contribution in [3.8, 4) is 22.8 Å². The number of nitrogens with zero attached hydrogens (tertiary/aromatic N) is 8. The van der Waals surface area contributed by atoms with Crippen LogP contribution in [0.5, 0.6) is 11.6 Å². The van der Waals surface area contributed by atoms with Crippen LogP contribution in [0.3, 0.4) is 0 Å². The lowest BCUT2D eigenvalue weighted by atomic mass is 9.90. The molecule has 1 aliphatic carbocycles. The van der Waals surface area contributed by atoms with Crippen LogP contribution in [-0.4, -0.2) is 96.2 Å². The Morgan fingerprint density at radius 2 is 1.86 bits per heavy atom. The zero-order valence-corrected chi connectivity index (χ0v) is 25.5. The number of halogens is 1. The summed E-state index contributed by atoms with van der Waals surface area (Å²) in [4.78, 5) is 15.6. The molecule has 1 unspecified atom stereocenters. The fourth-order valence-corrected chi connectivity index (χ4v) is 5.97. The van der Waals surface area contributed by atoms with Crippen molar-refractivity contribution in [3.05, 3.63) is 54.5 Å². The second-order valence-electron chi connectivity index (χ2n) is 11.1. The summed E-state index contributed by atoms with van der Waals surface area (Å²) in [5.41, 5.74) is 2.34. The lowest BCUT2D eigenvalue weighted by Crippen LogP contribution is -2.45. The molecule has 44 heavy (non-hydrogen) atoms. The lowest BCUT2D eigenvalue weighted by molar-refractivity contribution is 0.00502. The minimum Gasteiger partial charge on any atom is -0.487 e. The number of morpholine rings is 1. The smallest absolute Gasteiger partial charge is 0.257 e. The van der Waals surface area contributed by atoms with Gasteiger partial charge in [-0.15, -0.1) is 5.10 Å². The number of aliphatic hydroxyl groups excluding tert-OH is 1. The molecule has 1 aliphatic heterocycles. The molecule has 2 fully saturated rings. The van der Waals surface area contributed by atoms with Crippen molar-refractivity contribution in [1.29, 1.82) is 0 Å². The fraction of sp³-hybridized carbons (Fsp3) is 0.500. The van der Waals surface area contributed by atoms with E-state index in [2.05, 4.69) is 30.3 Å². The molecule has 0 spiro atoms. The Balaban J connectivity index is 1.11. The Morgan fingerprint density at radius 1 is 1.09 bits per heavy atom. The van der Waals surface area contributed by atoms with Crippen molar-refractivity contribution in [2.24, 2.45) is 0 Å². The maximum Gasteiger partial charge on any atom is 0.257 e. The van der Waals surface area contributed by atoms with Gasteiger partial charge in [-0.05, 0) is 50.3 Å². The van der Waals surface area contributed by atoms with E-state index in [9.17, 15) is 5.11 Å². The van der Waals surface area contributed by atoms with Gasteiger partial charge in [-0.25, -0.2) is 19.6 Å². The van der Waals surface area contributed by atoms with Crippen LogP contribution < -0.4 is 14.8 Å². The van der Waals surface area contributed by atoms with E-state index < -0.39 is 0 Å². The third-order valence-corrected chi connectivity index (χ3v) is 8.34. The molecule has 1 saturated carbocycles.